The number of nitrogens with zero attached hydrogens (tertiary/aromatic N) is 2. The van der Waals surface area contributed by atoms with Crippen molar-refractivity contribution in [1.82, 2.24) is 19.9 Å². The number of aromatic nitrogens is 4. The van der Waals surface area contributed by atoms with Crippen LogP contribution in [0.5, 0.6) is 0 Å². The van der Waals surface area contributed by atoms with Crippen LogP contribution in [-0.4, -0.2) is 42.1 Å². The van der Waals surface area contributed by atoms with Crippen molar-refractivity contribution in [2.24, 2.45) is 0 Å². The third kappa shape index (κ3) is 5.85. The fourth-order valence-electron chi connectivity index (χ4n) is 5.89. The maximum absolute atomic E-state index is 14.5. The monoisotopic (exact) mass is 616 g/mol. The Morgan fingerprint density at radius 1 is 0.733 bits per heavy atom. The molecule has 0 radical (unpaired) electrons. The van der Waals surface area contributed by atoms with Gasteiger partial charge < -0.3 is 20.2 Å². The second-order valence-electron chi connectivity index (χ2n) is 11.0. The van der Waals surface area contributed by atoms with Crippen molar-refractivity contribution in [2.75, 3.05) is 0 Å². The minimum Gasteiger partial charge on any atom is -0.481 e. The van der Waals surface area contributed by atoms with Crippen LogP contribution in [0, 0.1) is 6.92 Å². The number of allylic oxidation sites excluding steroid dienone is 4. The summed E-state index contributed by atoms with van der Waals surface area (Å²) < 4.78 is 43.6. The van der Waals surface area contributed by atoms with Crippen molar-refractivity contribution in [3.05, 3.63) is 82.5 Å². The van der Waals surface area contributed by atoms with Crippen LogP contribution in [0.1, 0.15) is 84.6 Å². The fraction of sp³-hybridized carbons (Fsp3) is 0.235. The van der Waals surface area contributed by atoms with Crippen LogP contribution in [0.3, 0.4) is 0 Å². The van der Waals surface area contributed by atoms with Gasteiger partial charge in [0, 0.05) is 40.5 Å². The molecular weight excluding hydrogens is 585 g/mol. The van der Waals surface area contributed by atoms with Gasteiger partial charge in [0.1, 0.15) is 0 Å². The third-order valence-corrected chi connectivity index (χ3v) is 8.23. The van der Waals surface area contributed by atoms with E-state index in [0.717, 1.165) is 17.2 Å². The first-order valence-electron chi connectivity index (χ1n) is 14.2. The molecule has 0 fully saturated rings. The molecule has 2 aliphatic heterocycles. The Morgan fingerprint density at radius 2 is 1.20 bits per heavy atom. The Kier molecular flexibility index (Phi) is 8.14. The number of hydrogen-bond acceptors (Lipinski definition) is 4. The Balaban J connectivity index is 1.98. The second kappa shape index (κ2) is 11.7. The van der Waals surface area contributed by atoms with Crippen molar-refractivity contribution in [1.29, 1.82) is 0 Å². The summed E-state index contributed by atoms with van der Waals surface area (Å²) in [6.07, 6.45) is -2.00. The molecule has 3 aromatic heterocycles. The van der Waals surface area contributed by atoms with Crippen molar-refractivity contribution < 1.29 is 33.0 Å². The standard InChI is InChI=1S/C34H31F3N4O4/c1-6-19-16(3)23-12-24-17(4)21(8-10-31(42)43)28(39-24)14-29-22(9-11-32(44)45)18(5)25(40-29)13-27-20(7-2)33(34(35,36)37)30(41-27)15-26(19)38-23/h6-7,12-15,38,41H,1-2,8-11H2,3-5H3,(H,42,43)(H,44,45). The number of carboxylic acids is 2. The number of carboxylic acid groups (broad SMARTS) is 2. The molecule has 8 nitrogen and oxygen atoms in total. The largest absolute Gasteiger partial charge is 0.481 e. The highest BCUT2D eigenvalue weighted by Crippen LogP contribution is 2.41. The van der Waals surface area contributed by atoms with Crippen molar-refractivity contribution >= 4 is 68.4 Å². The van der Waals surface area contributed by atoms with Gasteiger partial charge >= 0.3 is 18.1 Å². The van der Waals surface area contributed by atoms with E-state index in [-0.39, 0.29) is 42.3 Å². The lowest BCUT2D eigenvalue weighted by molar-refractivity contribution is -0.137. The zero-order valence-corrected chi connectivity index (χ0v) is 24.9. The van der Waals surface area contributed by atoms with Crippen LogP contribution in [0.25, 0.3) is 56.5 Å². The van der Waals surface area contributed by atoms with Gasteiger partial charge in [-0.15, -0.1) is 0 Å². The maximum atomic E-state index is 14.5. The minimum atomic E-state index is -4.72. The molecule has 0 unspecified atom stereocenters. The average molecular weight is 617 g/mol. The first kappa shape index (κ1) is 31.2. The summed E-state index contributed by atoms with van der Waals surface area (Å²) in [5, 5.41) is 18.8. The Hall–Kier alpha value is -5.19. The van der Waals surface area contributed by atoms with Gasteiger partial charge in [-0.3, -0.25) is 9.59 Å². The lowest BCUT2D eigenvalue weighted by Gasteiger charge is -2.06. The number of aromatic amines is 2. The Morgan fingerprint density at radius 3 is 1.67 bits per heavy atom. The molecule has 0 amide bonds. The molecule has 0 saturated heterocycles. The van der Waals surface area contributed by atoms with Gasteiger partial charge in [0.2, 0.25) is 0 Å². The molecule has 11 heteroatoms. The molecule has 3 aromatic rings. The molecule has 0 spiro atoms. The molecular formula is C34H31F3N4O4. The highest BCUT2D eigenvalue weighted by Gasteiger charge is 2.36. The molecule has 5 heterocycles. The summed E-state index contributed by atoms with van der Waals surface area (Å²) in [4.78, 5) is 38.7. The van der Waals surface area contributed by atoms with E-state index in [1.807, 2.05) is 13.8 Å². The smallest absolute Gasteiger partial charge is 0.419 e. The van der Waals surface area contributed by atoms with Gasteiger partial charge in [0.25, 0.3) is 0 Å². The van der Waals surface area contributed by atoms with E-state index in [1.165, 1.54) is 12.1 Å². The number of fused-ring (bicyclic) bond motifs is 8. The highest BCUT2D eigenvalue weighted by molar-refractivity contribution is 5.97. The summed E-state index contributed by atoms with van der Waals surface area (Å²) >= 11 is 0. The molecule has 232 valence electrons. The number of hydrogen-bond donors (Lipinski definition) is 4. The number of halogens is 3. The van der Waals surface area contributed by atoms with Gasteiger partial charge in [0.15, 0.2) is 0 Å². The molecule has 0 aromatic carbocycles. The predicted molar refractivity (Wildman–Crippen MR) is 170 cm³/mol. The van der Waals surface area contributed by atoms with E-state index in [0.29, 0.717) is 56.1 Å². The molecule has 4 N–H and O–H groups in total. The molecule has 0 atom stereocenters. The third-order valence-electron chi connectivity index (χ3n) is 8.23. The summed E-state index contributed by atoms with van der Waals surface area (Å²) in [7, 11) is 0. The van der Waals surface area contributed by atoms with E-state index in [9.17, 15) is 33.0 Å². The zero-order chi connectivity index (χ0) is 32.8. The molecule has 5 rings (SSSR count). The first-order valence-corrected chi connectivity index (χ1v) is 14.2. The zero-order valence-electron chi connectivity index (χ0n) is 24.9. The molecule has 45 heavy (non-hydrogen) atoms. The van der Waals surface area contributed by atoms with Crippen LogP contribution < -0.4 is 0 Å². The molecule has 0 aliphatic carbocycles. The first-order chi connectivity index (χ1) is 21.2. The normalized spacial score (nSPS) is 13.4. The minimum absolute atomic E-state index is 0.122. The number of H-pyrrole nitrogens is 2. The summed E-state index contributed by atoms with van der Waals surface area (Å²) in [5.41, 5.74) is 5.74. The number of carbonyl (C=O) groups is 2. The van der Waals surface area contributed by atoms with Gasteiger partial charge in [-0.2, -0.15) is 13.2 Å². The highest BCUT2D eigenvalue weighted by atomic mass is 19.4. The van der Waals surface area contributed by atoms with E-state index in [4.69, 9.17) is 9.97 Å². The van der Waals surface area contributed by atoms with Gasteiger partial charge in [-0.1, -0.05) is 25.3 Å². The second-order valence-corrected chi connectivity index (χ2v) is 11.0. The van der Waals surface area contributed by atoms with E-state index in [2.05, 4.69) is 23.1 Å². The molecule has 2 aliphatic rings. The Bertz CT molecular complexity index is 2030. The van der Waals surface area contributed by atoms with E-state index >= 15 is 0 Å². The van der Waals surface area contributed by atoms with Gasteiger partial charge in [0.05, 0.1) is 33.9 Å². The fourth-order valence-corrected chi connectivity index (χ4v) is 5.89. The van der Waals surface area contributed by atoms with Gasteiger partial charge in [-0.25, -0.2) is 9.97 Å². The van der Waals surface area contributed by atoms with E-state index in [1.54, 1.807) is 25.1 Å². The SMILES string of the molecule is C=Cc1c(C)c2cc3nc(cc4nc(cc5[nH]c(cc1[nH]2)c(C(F)(F)F)c5C=C)C(C)=C4CCC(=O)O)C(CCC(=O)O)=C3C. The number of nitrogens with one attached hydrogen (secondary N) is 2. The number of aryl methyl sites for hydroxylation is 1. The Labute approximate surface area is 256 Å². The average Bonchev–Trinajstić information content (AvgIpc) is 3.63. The van der Waals surface area contributed by atoms with Crippen LogP contribution in [0.15, 0.2) is 37.4 Å². The summed E-state index contributed by atoms with van der Waals surface area (Å²) in [6, 6.07) is 6.36. The van der Waals surface area contributed by atoms with Crippen LogP contribution in [0.4, 0.5) is 13.2 Å². The number of aliphatic carboxylic acids is 2. The topological polar surface area (TPSA) is 132 Å². The predicted octanol–water partition coefficient (Wildman–Crippen LogP) is 8.52. The summed E-state index contributed by atoms with van der Waals surface area (Å²) in [6.45, 7) is 12.9. The molecule has 8 bridgehead atoms. The van der Waals surface area contributed by atoms with Crippen molar-refractivity contribution in [3.8, 4) is 0 Å². The van der Waals surface area contributed by atoms with Crippen LogP contribution >= 0.6 is 0 Å². The maximum Gasteiger partial charge on any atom is 0.419 e. The lowest BCUT2D eigenvalue weighted by atomic mass is 9.98. The van der Waals surface area contributed by atoms with Crippen LogP contribution in [0.2, 0.25) is 0 Å². The number of alkyl halides is 3. The number of rotatable bonds is 8. The van der Waals surface area contributed by atoms with E-state index < -0.39 is 23.7 Å². The van der Waals surface area contributed by atoms with Crippen molar-refractivity contribution in [2.45, 2.75) is 52.6 Å². The van der Waals surface area contributed by atoms with Gasteiger partial charge in [-0.05, 0) is 85.7 Å². The van der Waals surface area contributed by atoms with Crippen molar-refractivity contribution in [3.63, 3.8) is 0 Å². The summed E-state index contributed by atoms with van der Waals surface area (Å²) in [5.74, 6) is -1.98. The lowest BCUT2D eigenvalue weighted by Crippen LogP contribution is -2.05. The van der Waals surface area contributed by atoms with Crippen LogP contribution in [-0.2, 0) is 15.8 Å². The molecule has 0 saturated carbocycles. The quantitative estimate of drug-likeness (QED) is 0.201.